The van der Waals surface area contributed by atoms with Gasteiger partial charge in [-0.05, 0) is 36.3 Å². The molecule has 2 rings (SSSR count). The van der Waals surface area contributed by atoms with E-state index in [1.54, 1.807) is 6.07 Å². The van der Waals surface area contributed by atoms with Crippen molar-refractivity contribution in [3.63, 3.8) is 0 Å². The summed E-state index contributed by atoms with van der Waals surface area (Å²) in [5.41, 5.74) is 1.73. The number of hydrogen-bond acceptors (Lipinski definition) is 2. The number of likely N-dealkylation sites (tertiary alicyclic amines) is 1. The van der Waals surface area contributed by atoms with Crippen molar-refractivity contribution in [1.29, 1.82) is 0 Å². The molecule has 1 aromatic rings. The van der Waals surface area contributed by atoms with E-state index in [0.29, 0.717) is 10.7 Å². The Morgan fingerprint density at radius 3 is 2.70 bits per heavy atom. The van der Waals surface area contributed by atoms with Crippen molar-refractivity contribution >= 4 is 17.5 Å². The second-order valence-corrected chi connectivity index (χ2v) is 7.14. The van der Waals surface area contributed by atoms with Crippen LogP contribution in [0.3, 0.4) is 0 Å². The Labute approximate surface area is 126 Å². The van der Waals surface area contributed by atoms with E-state index in [1.165, 1.54) is 6.42 Å². The second kappa shape index (κ2) is 5.72. The summed E-state index contributed by atoms with van der Waals surface area (Å²) in [5, 5.41) is 0.399. The van der Waals surface area contributed by atoms with Crippen molar-refractivity contribution in [3.05, 3.63) is 28.5 Å². The molecule has 1 amide bonds. The topological polar surface area (TPSA) is 33.2 Å². The van der Waals surface area contributed by atoms with Crippen LogP contribution in [-0.4, -0.2) is 28.9 Å². The average molecular weight is 295 g/mol. The molecular weight excluding hydrogens is 272 g/mol. The van der Waals surface area contributed by atoms with E-state index >= 15 is 0 Å². The molecule has 20 heavy (non-hydrogen) atoms. The van der Waals surface area contributed by atoms with Gasteiger partial charge >= 0.3 is 0 Å². The number of piperidine rings is 1. The van der Waals surface area contributed by atoms with Gasteiger partial charge in [-0.15, -0.1) is 0 Å². The summed E-state index contributed by atoms with van der Waals surface area (Å²) < 4.78 is 0. The Bertz CT molecular complexity index is 511. The first-order chi connectivity index (χ1) is 9.28. The molecule has 0 N–H and O–H groups in total. The minimum absolute atomic E-state index is 0.0731. The first kappa shape index (κ1) is 15.3. The van der Waals surface area contributed by atoms with Gasteiger partial charge in [0.15, 0.2) is 0 Å². The van der Waals surface area contributed by atoms with Crippen molar-refractivity contribution in [3.8, 4) is 0 Å². The van der Waals surface area contributed by atoms with Crippen LogP contribution < -0.4 is 0 Å². The zero-order valence-corrected chi connectivity index (χ0v) is 13.5. The van der Waals surface area contributed by atoms with Gasteiger partial charge in [-0.2, -0.15) is 0 Å². The maximum absolute atomic E-state index is 12.7. The smallest absolute Gasteiger partial charge is 0.254 e. The second-order valence-electron chi connectivity index (χ2n) is 6.75. The third-order valence-corrected chi connectivity index (χ3v) is 4.03. The van der Waals surface area contributed by atoms with E-state index in [-0.39, 0.29) is 17.2 Å². The standard InChI is InChI=1S/C16H23ClN2O/c1-11(2)13-8-12(9-14(17)18-13)15(20)19-7-5-6-16(3,4)10-19/h8-9,11H,5-7,10H2,1-4H3. The number of hydrogen-bond donors (Lipinski definition) is 0. The summed E-state index contributed by atoms with van der Waals surface area (Å²) >= 11 is 6.05. The van der Waals surface area contributed by atoms with E-state index < -0.39 is 0 Å². The highest BCUT2D eigenvalue weighted by Gasteiger charge is 2.29. The molecule has 0 spiro atoms. The largest absolute Gasteiger partial charge is 0.338 e. The fraction of sp³-hybridized carbons (Fsp3) is 0.625. The van der Waals surface area contributed by atoms with Crippen molar-refractivity contribution in [1.82, 2.24) is 9.88 Å². The maximum Gasteiger partial charge on any atom is 0.254 e. The molecule has 3 nitrogen and oxygen atoms in total. The van der Waals surface area contributed by atoms with Crippen LogP contribution in [0.5, 0.6) is 0 Å². The molecule has 0 aromatic carbocycles. The lowest BCUT2D eigenvalue weighted by Gasteiger charge is -2.38. The molecule has 4 heteroatoms. The number of amides is 1. The van der Waals surface area contributed by atoms with E-state index in [0.717, 1.165) is 25.2 Å². The number of carbonyl (C=O) groups is 1. The maximum atomic E-state index is 12.7. The highest BCUT2D eigenvalue weighted by Crippen LogP contribution is 2.29. The van der Waals surface area contributed by atoms with Crippen molar-refractivity contribution < 1.29 is 4.79 Å². The number of pyridine rings is 1. The fourth-order valence-electron chi connectivity index (χ4n) is 2.72. The Morgan fingerprint density at radius 2 is 2.10 bits per heavy atom. The first-order valence-corrected chi connectivity index (χ1v) is 7.63. The lowest BCUT2D eigenvalue weighted by atomic mass is 9.84. The highest BCUT2D eigenvalue weighted by atomic mass is 35.5. The average Bonchev–Trinajstić information content (AvgIpc) is 2.35. The normalized spacial score (nSPS) is 18.4. The molecule has 1 aliphatic heterocycles. The molecule has 0 aliphatic carbocycles. The molecule has 0 bridgehead atoms. The number of carbonyl (C=O) groups excluding carboxylic acids is 1. The number of rotatable bonds is 2. The molecule has 1 saturated heterocycles. The predicted molar refractivity (Wildman–Crippen MR) is 82.3 cm³/mol. The van der Waals surface area contributed by atoms with E-state index in [2.05, 4.69) is 32.7 Å². The van der Waals surface area contributed by atoms with Crippen LogP contribution in [0.1, 0.15) is 62.5 Å². The molecule has 1 aromatic heterocycles. The minimum atomic E-state index is 0.0731. The molecular formula is C16H23ClN2O. The van der Waals surface area contributed by atoms with E-state index in [9.17, 15) is 4.79 Å². The highest BCUT2D eigenvalue weighted by molar-refractivity contribution is 6.29. The monoisotopic (exact) mass is 294 g/mol. The van der Waals surface area contributed by atoms with Crippen LogP contribution in [0.2, 0.25) is 5.15 Å². The summed E-state index contributed by atoms with van der Waals surface area (Å²) in [6.07, 6.45) is 2.24. The summed E-state index contributed by atoms with van der Waals surface area (Å²) in [6, 6.07) is 3.55. The van der Waals surface area contributed by atoms with Gasteiger partial charge in [0.2, 0.25) is 0 Å². The predicted octanol–water partition coefficient (Wildman–Crippen LogP) is 4.12. The van der Waals surface area contributed by atoms with E-state index in [4.69, 9.17) is 11.6 Å². The lowest BCUT2D eigenvalue weighted by Crippen LogP contribution is -2.43. The van der Waals surface area contributed by atoms with Crippen LogP contribution in [-0.2, 0) is 0 Å². The van der Waals surface area contributed by atoms with Gasteiger partial charge in [-0.3, -0.25) is 4.79 Å². The van der Waals surface area contributed by atoms with Crippen LogP contribution >= 0.6 is 11.6 Å². The third kappa shape index (κ3) is 3.51. The molecule has 1 fully saturated rings. The molecule has 2 heterocycles. The Kier molecular flexibility index (Phi) is 4.38. The van der Waals surface area contributed by atoms with Gasteiger partial charge in [-0.1, -0.05) is 39.3 Å². The Hall–Kier alpha value is -1.09. The van der Waals surface area contributed by atoms with Gasteiger partial charge in [-0.25, -0.2) is 4.98 Å². The van der Waals surface area contributed by atoms with Gasteiger partial charge in [0.05, 0.1) is 0 Å². The zero-order valence-electron chi connectivity index (χ0n) is 12.7. The quantitative estimate of drug-likeness (QED) is 0.769. The fourth-order valence-corrected chi connectivity index (χ4v) is 2.93. The molecule has 110 valence electrons. The van der Waals surface area contributed by atoms with Gasteiger partial charge in [0.25, 0.3) is 5.91 Å². The minimum Gasteiger partial charge on any atom is -0.338 e. The summed E-state index contributed by atoms with van der Waals surface area (Å²) in [5.74, 6) is 0.335. The molecule has 0 saturated carbocycles. The number of nitrogens with zero attached hydrogens (tertiary/aromatic N) is 2. The van der Waals surface area contributed by atoms with Crippen LogP contribution in [0, 0.1) is 5.41 Å². The summed E-state index contributed by atoms with van der Waals surface area (Å²) in [7, 11) is 0. The van der Waals surface area contributed by atoms with Crippen molar-refractivity contribution in [2.45, 2.75) is 46.5 Å². The SMILES string of the molecule is CC(C)c1cc(C(=O)N2CCCC(C)(C)C2)cc(Cl)n1. The molecule has 1 aliphatic rings. The van der Waals surface area contributed by atoms with Gasteiger partial charge in [0.1, 0.15) is 5.15 Å². The summed E-state index contributed by atoms with van der Waals surface area (Å²) in [4.78, 5) is 18.9. The Morgan fingerprint density at radius 1 is 1.40 bits per heavy atom. The van der Waals surface area contributed by atoms with Gasteiger partial charge in [0, 0.05) is 24.3 Å². The lowest BCUT2D eigenvalue weighted by molar-refractivity contribution is 0.0583. The van der Waals surface area contributed by atoms with E-state index in [1.807, 2.05) is 11.0 Å². The van der Waals surface area contributed by atoms with Crippen molar-refractivity contribution in [2.75, 3.05) is 13.1 Å². The van der Waals surface area contributed by atoms with Gasteiger partial charge < -0.3 is 4.90 Å². The molecule has 0 radical (unpaired) electrons. The number of aromatic nitrogens is 1. The first-order valence-electron chi connectivity index (χ1n) is 7.25. The van der Waals surface area contributed by atoms with Crippen LogP contribution in [0.15, 0.2) is 12.1 Å². The number of halogens is 1. The van der Waals surface area contributed by atoms with Crippen LogP contribution in [0.4, 0.5) is 0 Å². The molecule has 0 unspecified atom stereocenters. The Balaban J connectivity index is 2.24. The molecule has 0 atom stereocenters. The third-order valence-electron chi connectivity index (χ3n) is 3.84. The van der Waals surface area contributed by atoms with Crippen molar-refractivity contribution in [2.24, 2.45) is 5.41 Å². The van der Waals surface area contributed by atoms with Crippen LogP contribution in [0.25, 0.3) is 0 Å². The summed E-state index contributed by atoms with van der Waals surface area (Å²) in [6.45, 7) is 10.2. The zero-order chi connectivity index (χ0) is 14.9.